The van der Waals surface area contributed by atoms with Gasteiger partial charge in [-0.05, 0) is 86.3 Å². The van der Waals surface area contributed by atoms with Crippen molar-refractivity contribution in [3.8, 4) is 0 Å². The van der Waals surface area contributed by atoms with Crippen LogP contribution in [0.15, 0.2) is 61.2 Å². The molecule has 1 heterocycles. The van der Waals surface area contributed by atoms with Gasteiger partial charge in [0.1, 0.15) is 0 Å². The molecule has 204 valence electrons. The number of amides is 1. The summed E-state index contributed by atoms with van der Waals surface area (Å²) in [7, 11) is -3.39. The van der Waals surface area contributed by atoms with Crippen molar-refractivity contribution in [1.29, 1.82) is 0 Å². The molecule has 0 radical (unpaired) electrons. The van der Waals surface area contributed by atoms with E-state index in [9.17, 15) is 13.2 Å². The van der Waals surface area contributed by atoms with Crippen LogP contribution in [-0.4, -0.2) is 37.1 Å². The molecule has 2 saturated carbocycles. The van der Waals surface area contributed by atoms with Crippen LogP contribution in [0.3, 0.4) is 0 Å². The van der Waals surface area contributed by atoms with E-state index in [1.807, 2.05) is 53.4 Å². The first-order valence-electron chi connectivity index (χ1n) is 13.6. The number of halogens is 2. The second-order valence-corrected chi connectivity index (χ2v) is 14.1. The van der Waals surface area contributed by atoms with E-state index in [1.165, 1.54) is 0 Å². The minimum absolute atomic E-state index is 0.0336. The average Bonchev–Trinajstić information content (AvgIpc) is 3.80. The van der Waals surface area contributed by atoms with E-state index in [1.54, 1.807) is 0 Å². The number of rotatable bonds is 11. The molecule has 1 saturated heterocycles. The highest BCUT2D eigenvalue weighted by Gasteiger charge is 2.54. The van der Waals surface area contributed by atoms with Gasteiger partial charge in [-0.25, -0.2) is 13.1 Å². The number of carbonyl (C=O) groups is 1. The average molecular weight is 576 g/mol. The molecule has 3 fully saturated rings. The molecule has 2 aromatic carbocycles. The molecule has 2 aliphatic carbocycles. The molecule has 5 rings (SSSR count). The minimum Gasteiger partial charge on any atom is -0.330 e. The van der Waals surface area contributed by atoms with Crippen molar-refractivity contribution in [3.63, 3.8) is 0 Å². The highest BCUT2D eigenvalue weighted by Crippen LogP contribution is 2.55. The lowest BCUT2D eigenvalue weighted by atomic mass is 9.65. The number of sulfonamides is 1. The summed E-state index contributed by atoms with van der Waals surface area (Å²) in [5, 5.41) is 0.982. The van der Waals surface area contributed by atoms with Gasteiger partial charge in [0.25, 0.3) is 0 Å². The SMILES string of the molecule is C=CC[C@@]1(CC)C[C@H](c2cccc(Cl)c2)[C@@H](c2ccc(Cl)cc2)N([C@@H](CNS(=O)(=O)C2CC2)C2CC2)C1=O. The van der Waals surface area contributed by atoms with Crippen LogP contribution in [0.4, 0.5) is 0 Å². The third kappa shape index (κ3) is 5.56. The van der Waals surface area contributed by atoms with Crippen molar-refractivity contribution in [2.75, 3.05) is 6.54 Å². The van der Waals surface area contributed by atoms with E-state index in [0.717, 1.165) is 24.0 Å². The molecule has 1 aliphatic heterocycles. The smallest absolute Gasteiger partial charge is 0.229 e. The van der Waals surface area contributed by atoms with Gasteiger partial charge in [0.2, 0.25) is 15.9 Å². The maximum atomic E-state index is 14.7. The molecule has 5 nitrogen and oxygen atoms in total. The predicted octanol–water partition coefficient (Wildman–Crippen LogP) is 6.88. The maximum Gasteiger partial charge on any atom is 0.229 e. The Kier molecular flexibility index (Phi) is 7.99. The Morgan fingerprint density at radius 3 is 2.37 bits per heavy atom. The van der Waals surface area contributed by atoms with Crippen molar-refractivity contribution >= 4 is 39.1 Å². The van der Waals surface area contributed by atoms with E-state index in [0.29, 0.717) is 42.1 Å². The first kappa shape index (κ1) is 27.7. The van der Waals surface area contributed by atoms with Gasteiger partial charge in [-0.2, -0.15) is 0 Å². The number of piperidine rings is 1. The second-order valence-electron chi connectivity index (χ2n) is 11.2. The Balaban J connectivity index is 1.64. The Hall–Kier alpha value is -1.86. The molecule has 4 atom stereocenters. The largest absolute Gasteiger partial charge is 0.330 e. The van der Waals surface area contributed by atoms with Crippen LogP contribution < -0.4 is 4.72 Å². The van der Waals surface area contributed by atoms with Gasteiger partial charge in [0.15, 0.2) is 0 Å². The number of benzene rings is 2. The number of likely N-dealkylation sites (tertiary alicyclic amines) is 1. The minimum atomic E-state index is -3.39. The number of allylic oxidation sites excluding steroid dienone is 1. The molecule has 38 heavy (non-hydrogen) atoms. The molecule has 3 aliphatic rings. The standard InChI is InChI=1S/C30H36Cl2N2O3S/c1-3-16-30(4-2)18-26(22-6-5-7-24(32)17-22)28(21-10-12-23(31)13-11-21)34(29(30)35)27(20-8-9-20)19-33-38(36,37)25-14-15-25/h3,5-7,10-13,17,20,25-28,33H,1,4,8-9,14-16,18-19H2,2H3/t26-,27+,28-,30+/m1/s1. The van der Waals surface area contributed by atoms with Gasteiger partial charge in [-0.15, -0.1) is 6.58 Å². The fourth-order valence-electron chi connectivity index (χ4n) is 6.22. The molecule has 0 spiro atoms. The Morgan fingerprint density at radius 1 is 1.08 bits per heavy atom. The zero-order chi connectivity index (χ0) is 27.1. The van der Waals surface area contributed by atoms with Crippen molar-refractivity contribution in [2.24, 2.45) is 11.3 Å². The number of hydrogen-bond acceptors (Lipinski definition) is 3. The van der Waals surface area contributed by atoms with Crippen molar-refractivity contribution in [1.82, 2.24) is 9.62 Å². The Labute approximate surface area is 236 Å². The third-order valence-electron chi connectivity index (χ3n) is 8.66. The molecule has 1 amide bonds. The van der Waals surface area contributed by atoms with Crippen molar-refractivity contribution < 1.29 is 13.2 Å². The van der Waals surface area contributed by atoms with E-state index in [2.05, 4.69) is 24.3 Å². The quantitative estimate of drug-likeness (QED) is 0.297. The fourth-order valence-corrected chi connectivity index (χ4v) is 7.94. The van der Waals surface area contributed by atoms with Crippen LogP contribution in [0.25, 0.3) is 0 Å². The molecule has 0 bridgehead atoms. The summed E-state index contributed by atoms with van der Waals surface area (Å²) >= 11 is 12.7. The lowest BCUT2D eigenvalue weighted by molar-refractivity contribution is -0.156. The summed E-state index contributed by atoms with van der Waals surface area (Å²) in [6, 6.07) is 15.1. The zero-order valence-corrected chi connectivity index (χ0v) is 24.1. The van der Waals surface area contributed by atoms with Gasteiger partial charge in [-0.3, -0.25) is 4.79 Å². The zero-order valence-electron chi connectivity index (χ0n) is 21.8. The van der Waals surface area contributed by atoms with Gasteiger partial charge in [-0.1, -0.05) is 60.5 Å². The summed E-state index contributed by atoms with van der Waals surface area (Å²) in [6.45, 7) is 6.30. The van der Waals surface area contributed by atoms with Crippen LogP contribution in [0.5, 0.6) is 0 Å². The fraction of sp³-hybridized carbons (Fsp3) is 0.500. The number of nitrogens with zero attached hydrogens (tertiary/aromatic N) is 1. The van der Waals surface area contributed by atoms with Crippen molar-refractivity contribution in [2.45, 2.75) is 75.1 Å². The Bertz CT molecular complexity index is 1290. The van der Waals surface area contributed by atoms with Crippen LogP contribution in [0.2, 0.25) is 10.0 Å². The van der Waals surface area contributed by atoms with E-state index >= 15 is 0 Å². The summed E-state index contributed by atoms with van der Waals surface area (Å²) in [4.78, 5) is 16.7. The molecule has 8 heteroatoms. The maximum absolute atomic E-state index is 14.7. The van der Waals surface area contributed by atoms with Gasteiger partial charge in [0, 0.05) is 28.5 Å². The lowest BCUT2D eigenvalue weighted by Gasteiger charge is -2.53. The summed E-state index contributed by atoms with van der Waals surface area (Å²) < 4.78 is 28.6. The van der Waals surface area contributed by atoms with E-state index in [-0.39, 0.29) is 41.6 Å². The second kappa shape index (κ2) is 11.0. The molecule has 0 unspecified atom stereocenters. The third-order valence-corrected chi connectivity index (χ3v) is 11.1. The van der Waals surface area contributed by atoms with Gasteiger partial charge >= 0.3 is 0 Å². The van der Waals surface area contributed by atoms with Crippen LogP contribution in [-0.2, 0) is 14.8 Å². The first-order valence-corrected chi connectivity index (χ1v) is 15.9. The Morgan fingerprint density at radius 2 is 1.79 bits per heavy atom. The summed E-state index contributed by atoms with van der Waals surface area (Å²) in [5.41, 5.74) is 1.44. The van der Waals surface area contributed by atoms with Crippen molar-refractivity contribution in [3.05, 3.63) is 82.4 Å². The van der Waals surface area contributed by atoms with E-state index in [4.69, 9.17) is 23.2 Å². The monoisotopic (exact) mass is 574 g/mol. The van der Waals surface area contributed by atoms with E-state index < -0.39 is 15.4 Å². The highest BCUT2D eigenvalue weighted by molar-refractivity contribution is 7.90. The normalized spacial score (nSPS) is 26.8. The van der Waals surface area contributed by atoms with Gasteiger partial charge < -0.3 is 4.90 Å². The summed E-state index contributed by atoms with van der Waals surface area (Å²) in [6.07, 6.45) is 7.11. The number of carbonyl (C=O) groups excluding carboxylic acids is 1. The van der Waals surface area contributed by atoms with Crippen LogP contribution >= 0.6 is 23.2 Å². The number of nitrogens with one attached hydrogen (secondary N) is 1. The van der Waals surface area contributed by atoms with Gasteiger partial charge in [0.05, 0.1) is 16.7 Å². The molecular formula is C30H36Cl2N2O3S. The molecule has 2 aromatic rings. The lowest BCUT2D eigenvalue weighted by Crippen LogP contribution is -2.59. The van der Waals surface area contributed by atoms with Crippen LogP contribution in [0.1, 0.15) is 75.0 Å². The number of hydrogen-bond donors (Lipinski definition) is 1. The highest BCUT2D eigenvalue weighted by atomic mass is 35.5. The molecule has 1 N–H and O–H groups in total. The van der Waals surface area contributed by atoms with Crippen LogP contribution in [0, 0.1) is 11.3 Å². The molecular weight excluding hydrogens is 539 g/mol. The first-order chi connectivity index (χ1) is 18.2. The predicted molar refractivity (Wildman–Crippen MR) is 154 cm³/mol. The molecule has 0 aromatic heterocycles. The topological polar surface area (TPSA) is 66.5 Å². The summed E-state index contributed by atoms with van der Waals surface area (Å²) in [5.74, 6) is 0.307.